The number of nitrogens with one attached hydrogen (secondary N) is 3. The van der Waals surface area contributed by atoms with Crippen LogP contribution in [-0.4, -0.2) is 39.1 Å². The average Bonchev–Trinajstić information content (AvgIpc) is 3.15. The molecule has 23 heavy (non-hydrogen) atoms. The minimum Gasteiger partial charge on any atom is -0.453 e. The molecule has 0 radical (unpaired) electrons. The van der Waals surface area contributed by atoms with Crippen molar-refractivity contribution < 1.29 is 14.3 Å². The number of benzene rings is 1. The lowest BCUT2D eigenvalue weighted by atomic mass is 10.2. The molecule has 2 amide bonds. The number of hydrogen-bond acceptors (Lipinski definition) is 5. The number of methoxy groups -OCH3 is 1. The second-order valence-corrected chi connectivity index (χ2v) is 4.70. The van der Waals surface area contributed by atoms with Crippen molar-refractivity contribution in [3.05, 3.63) is 36.7 Å². The Morgan fingerprint density at radius 1 is 1.30 bits per heavy atom. The van der Waals surface area contributed by atoms with Crippen LogP contribution in [0, 0.1) is 0 Å². The van der Waals surface area contributed by atoms with Gasteiger partial charge in [0, 0.05) is 22.8 Å². The molecule has 3 rings (SSSR count). The lowest BCUT2D eigenvalue weighted by Crippen LogP contribution is -2.20. The zero-order valence-electron chi connectivity index (χ0n) is 12.2. The number of amides is 2. The molecule has 0 spiro atoms. The molecule has 0 fully saturated rings. The van der Waals surface area contributed by atoms with Crippen LogP contribution in [0.4, 0.5) is 16.3 Å². The first-order valence-electron chi connectivity index (χ1n) is 6.76. The summed E-state index contributed by atoms with van der Waals surface area (Å²) >= 11 is 0. The number of rotatable bonds is 4. The molecule has 0 bridgehead atoms. The van der Waals surface area contributed by atoms with Crippen LogP contribution in [0.25, 0.3) is 10.9 Å². The van der Waals surface area contributed by atoms with E-state index >= 15 is 0 Å². The number of nitrogens with zero attached hydrogens (tertiary/aromatic N) is 3. The highest BCUT2D eigenvalue weighted by molar-refractivity contribution is 5.93. The summed E-state index contributed by atoms with van der Waals surface area (Å²) in [5, 5.41) is 14.0. The molecule has 118 valence electrons. The van der Waals surface area contributed by atoms with E-state index in [1.807, 2.05) is 24.4 Å². The minimum absolute atomic E-state index is 0.0754. The average molecular weight is 314 g/mol. The van der Waals surface area contributed by atoms with Crippen molar-refractivity contribution in [1.82, 2.24) is 20.0 Å². The molecule has 3 aromatic rings. The molecular weight excluding hydrogens is 300 g/mol. The largest absolute Gasteiger partial charge is 0.453 e. The molecule has 0 saturated heterocycles. The van der Waals surface area contributed by atoms with Gasteiger partial charge in [-0.1, -0.05) is 0 Å². The fraction of sp³-hybridized carbons (Fsp3) is 0.143. The molecule has 9 heteroatoms. The third-order valence-electron chi connectivity index (χ3n) is 3.07. The van der Waals surface area contributed by atoms with Crippen LogP contribution < -0.4 is 10.6 Å². The van der Waals surface area contributed by atoms with E-state index in [0.717, 1.165) is 10.9 Å². The molecule has 2 aromatic heterocycles. The van der Waals surface area contributed by atoms with Crippen molar-refractivity contribution in [1.29, 1.82) is 0 Å². The first-order chi connectivity index (χ1) is 11.1. The Kier molecular flexibility index (Phi) is 3.91. The number of carbonyl (C=O) groups is 2. The lowest BCUT2D eigenvalue weighted by molar-refractivity contribution is -0.117. The van der Waals surface area contributed by atoms with Crippen LogP contribution in [0.15, 0.2) is 36.7 Å². The molecule has 0 saturated carbocycles. The van der Waals surface area contributed by atoms with Gasteiger partial charge in [-0.25, -0.2) is 4.79 Å². The fourth-order valence-corrected chi connectivity index (χ4v) is 2.05. The first kappa shape index (κ1) is 14.6. The summed E-state index contributed by atoms with van der Waals surface area (Å²) < 4.78 is 4.44. The van der Waals surface area contributed by atoms with E-state index in [0.29, 0.717) is 5.69 Å². The van der Waals surface area contributed by atoms with Crippen molar-refractivity contribution in [2.24, 2.45) is 0 Å². The molecule has 0 aliphatic heterocycles. The van der Waals surface area contributed by atoms with Gasteiger partial charge in [-0.3, -0.25) is 10.1 Å². The van der Waals surface area contributed by atoms with E-state index in [4.69, 9.17) is 0 Å². The normalized spacial score (nSPS) is 10.5. The predicted octanol–water partition coefficient (Wildman–Crippen LogP) is 1.58. The highest BCUT2D eigenvalue weighted by Gasteiger charge is 2.09. The molecule has 0 aliphatic carbocycles. The number of aromatic nitrogens is 4. The Balaban J connectivity index is 1.61. The summed E-state index contributed by atoms with van der Waals surface area (Å²) in [6.07, 6.45) is 2.51. The van der Waals surface area contributed by atoms with Gasteiger partial charge in [0.15, 0.2) is 5.82 Å². The van der Waals surface area contributed by atoms with Crippen LogP contribution in [0.5, 0.6) is 0 Å². The van der Waals surface area contributed by atoms with E-state index in [9.17, 15) is 9.59 Å². The zero-order chi connectivity index (χ0) is 16.2. The lowest BCUT2D eigenvalue weighted by Gasteiger charge is -2.05. The molecular formula is C14H14N6O3. The second kappa shape index (κ2) is 6.18. The maximum Gasteiger partial charge on any atom is 0.412 e. The molecule has 0 aliphatic rings. The number of ether oxygens (including phenoxy) is 1. The Morgan fingerprint density at radius 3 is 3.00 bits per heavy atom. The van der Waals surface area contributed by atoms with Gasteiger partial charge in [0.25, 0.3) is 0 Å². The third kappa shape index (κ3) is 3.46. The van der Waals surface area contributed by atoms with Gasteiger partial charge in [0.2, 0.25) is 5.91 Å². The van der Waals surface area contributed by atoms with Gasteiger partial charge in [-0.2, -0.15) is 9.90 Å². The number of anilines is 2. The summed E-state index contributed by atoms with van der Waals surface area (Å²) in [7, 11) is 1.24. The van der Waals surface area contributed by atoms with Crippen LogP contribution in [-0.2, 0) is 16.1 Å². The molecule has 9 nitrogen and oxygen atoms in total. The number of fused-ring (bicyclic) bond motifs is 1. The van der Waals surface area contributed by atoms with E-state index < -0.39 is 6.09 Å². The topological polar surface area (TPSA) is 114 Å². The summed E-state index contributed by atoms with van der Waals surface area (Å²) in [6, 6.07) is 7.47. The minimum atomic E-state index is -0.652. The van der Waals surface area contributed by atoms with Gasteiger partial charge < -0.3 is 15.0 Å². The van der Waals surface area contributed by atoms with E-state index in [2.05, 4.69) is 30.6 Å². The molecule has 3 N–H and O–H groups in total. The highest BCUT2D eigenvalue weighted by Crippen LogP contribution is 2.17. The Morgan fingerprint density at radius 2 is 2.17 bits per heavy atom. The number of aromatic amines is 1. The van der Waals surface area contributed by atoms with Crippen LogP contribution in [0.2, 0.25) is 0 Å². The summed E-state index contributed by atoms with van der Waals surface area (Å²) in [4.78, 5) is 27.3. The SMILES string of the molecule is COC(=O)Nc1cnn(CC(=O)Nc2ccc3[nH]ccc3c2)n1. The molecule has 0 unspecified atom stereocenters. The standard InChI is InChI=1S/C14H14N6O3/c1-23-14(22)18-12-7-16-20(19-12)8-13(21)17-10-2-3-11-9(6-10)4-5-15-11/h2-7,15H,8H2,1H3,(H,17,21)(H,18,19,22). The monoisotopic (exact) mass is 314 g/mol. The van der Waals surface area contributed by atoms with Crippen molar-refractivity contribution in [2.75, 3.05) is 17.7 Å². The molecule has 1 aromatic carbocycles. The third-order valence-corrected chi connectivity index (χ3v) is 3.07. The summed E-state index contributed by atoms with van der Waals surface area (Å²) in [5.74, 6) is -0.0708. The quantitative estimate of drug-likeness (QED) is 0.676. The van der Waals surface area contributed by atoms with Crippen molar-refractivity contribution in [2.45, 2.75) is 6.54 Å². The van der Waals surface area contributed by atoms with Crippen molar-refractivity contribution >= 4 is 34.4 Å². The maximum atomic E-state index is 12.0. The van der Waals surface area contributed by atoms with Gasteiger partial charge in [0.05, 0.1) is 13.3 Å². The van der Waals surface area contributed by atoms with Crippen LogP contribution in [0.1, 0.15) is 0 Å². The van der Waals surface area contributed by atoms with Gasteiger partial charge in [-0.05, 0) is 24.3 Å². The predicted molar refractivity (Wildman–Crippen MR) is 83.0 cm³/mol. The molecule has 2 heterocycles. The Labute approximate surface area is 130 Å². The maximum absolute atomic E-state index is 12.0. The van der Waals surface area contributed by atoms with Gasteiger partial charge in [0.1, 0.15) is 6.54 Å². The zero-order valence-corrected chi connectivity index (χ0v) is 12.2. The fourth-order valence-electron chi connectivity index (χ4n) is 2.05. The Hall–Kier alpha value is -3.36. The van der Waals surface area contributed by atoms with Crippen molar-refractivity contribution in [3.8, 4) is 0 Å². The molecule has 0 atom stereocenters. The van der Waals surface area contributed by atoms with Crippen LogP contribution >= 0.6 is 0 Å². The summed E-state index contributed by atoms with van der Waals surface area (Å²) in [5.41, 5.74) is 1.68. The summed E-state index contributed by atoms with van der Waals surface area (Å²) in [6.45, 7) is -0.0754. The van der Waals surface area contributed by atoms with Crippen molar-refractivity contribution in [3.63, 3.8) is 0 Å². The van der Waals surface area contributed by atoms with E-state index in [1.54, 1.807) is 6.07 Å². The van der Waals surface area contributed by atoms with Gasteiger partial charge >= 0.3 is 6.09 Å². The van der Waals surface area contributed by atoms with Gasteiger partial charge in [-0.15, -0.1) is 5.10 Å². The van der Waals surface area contributed by atoms with Crippen LogP contribution in [0.3, 0.4) is 0 Å². The second-order valence-electron chi connectivity index (χ2n) is 4.70. The Bertz CT molecular complexity index is 853. The first-order valence-corrected chi connectivity index (χ1v) is 6.76. The number of H-pyrrole nitrogens is 1. The smallest absolute Gasteiger partial charge is 0.412 e. The highest BCUT2D eigenvalue weighted by atomic mass is 16.5. The van der Waals surface area contributed by atoms with E-state index in [1.165, 1.54) is 18.1 Å². The number of carbonyl (C=O) groups excluding carboxylic acids is 2. The number of hydrogen-bond donors (Lipinski definition) is 3. The van der Waals surface area contributed by atoms with E-state index in [-0.39, 0.29) is 18.3 Å².